The number of benzene rings is 1. The largest absolute Gasteiger partial charge is 0.392 e. The molecule has 3 heteroatoms. The minimum Gasteiger partial charge on any atom is -0.392 e. The fourth-order valence-electron chi connectivity index (χ4n) is 1.40. The second-order valence-electron chi connectivity index (χ2n) is 3.01. The van der Waals surface area contributed by atoms with Gasteiger partial charge in [0.25, 0.3) is 0 Å². The monoisotopic (exact) mass is 194 g/mol. The van der Waals surface area contributed by atoms with Crippen molar-refractivity contribution in [1.82, 2.24) is 0 Å². The molecule has 0 unspecified atom stereocenters. The summed E-state index contributed by atoms with van der Waals surface area (Å²) in [6, 6.07) is 5.52. The lowest BCUT2D eigenvalue weighted by Crippen LogP contribution is -2.08. The highest BCUT2D eigenvalue weighted by molar-refractivity contribution is 7.99. The SMILES string of the molecule is O=C1CCSc2cc(CO)ccc21. The fraction of sp³-hybridized carbons (Fsp3) is 0.300. The first-order valence-corrected chi connectivity index (χ1v) is 5.19. The Kier molecular flexibility index (Phi) is 2.38. The van der Waals surface area contributed by atoms with Crippen LogP contribution in [0.5, 0.6) is 0 Å². The summed E-state index contributed by atoms with van der Waals surface area (Å²) in [5.41, 5.74) is 1.69. The van der Waals surface area contributed by atoms with Crippen LogP contribution in [-0.4, -0.2) is 16.6 Å². The molecule has 1 heterocycles. The summed E-state index contributed by atoms with van der Waals surface area (Å²) < 4.78 is 0. The van der Waals surface area contributed by atoms with Crippen LogP contribution in [0.2, 0.25) is 0 Å². The van der Waals surface area contributed by atoms with Gasteiger partial charge in [-0.25, -0.2) is 0 Å². The maximum absolute atomic E-state index is 11.4. The highest BCUT2D eigenvalue weighted by Gasteiger charge is 2.17. The number of fused-ring (bicyclic) bond motifs is 1. The number of hydrogen-bond donors (Lipinski definition) is 1. The molecule has 0 fully saturated rings. The Hall–Kier alpha value is -0.800. The van der Waals surface area contributed by atoms with Crippen LogP contribution in [-0.2, 0) is 6.61 Å². The van der Waals surface area contributed by atoms with Gasteiger partial charge >= 0.3 is 0 Å². The van der Waals surface area contributed by atoms with E-state index < -0.39 is 0 Å². The Morgan fingerprint density at radius 3 is 3.08 bits per heavy atom. The molecule has 1 N–H and O–H groups in total. The summed E-state index contributed by atoms with van der Waals surface area (Å²) in [6.07, 6.45) is 0.635. The van der Waals surface area contributed by atoms with Gasteiger partial charge in [0.2, 0.25) is 0 Å². The Bertz CT molecular complexity index is 347. The number of carbonyl (C=O) groups excluding carboxylic acids is 1. The topological polar surface area (TPSA) is 37.3 Å². The first-order valence-electron chi connectivity index (χ1n) is 4.21. The Morgan fingerprint density at radius 2 is 2.31 bits per heavy atom. The van der Waals surface area contributed by atoms with Crippen LogP contribution in [0.25, 0.3) is 0 Å². The molecule has 0 amide bonds. The molecule has 0 radical (unpaired) electrons. The first-order chi connectivity index (χ1) is 6.31. The van der Waals surface area contributed by atoms with E-state index in [1.54, 1.807) is 11.8 Å². The average Bonchev–Trinajstić information content (AvgIpc) is 2.18. The lowest BCUT2D eigenvalue weighted by Gasteiger charge is -2.14. The van der Waals surface area contributed by atoms with E-state index >= 15 is 0 Å². The molecular weight excluding hydrogens is 184 g/mol. The normalized spacial score (nSPS) is 15.6. The number of thioether (sulfide) groups is 1. The van der Waals surface area contributed by atoms with E-state index in [1.165, 1.54) is 0 Å². The standard InChI is InChI=1S/C10H10O2S/c11-6-7-1-2-8-9(12)3-4-13-10(8)5-7/h1-2,5,11H,3-4,6H2. The molecule has 0 saturated carbocycles. The minimum atomic E-state index is 0.0437. The third-order valence-electron chi connectivity index (χ3n) is 2.12. The van der Waals surface area contributed by atoms with Crippen molar-refractivity contribution in [1.29, 1.82) is 0 Å². The lowest BCUT2D eigenvalue weighted by molar-refractivity contribution is 0.0984. The zero-order valence-corrected chi connectivity index (χ0v) is 7.93. The molecule has 1 aromatic carbocycles. The van der Waals surface area contributed by atoms with Crippen molar-refractivity contribution < 1.29 is 9.90 Å². The highest BCUT2D eigenvalue weighted by Crippen LogP contribution is 2.30. The van der Waals surface area contributed by atoms with Gasteiger partial charge in [0.1, 0.15) is 0 Å². The molecule has 2 nitrogen and oxygen atoms in total. The predicted octanol–water partition coefficient (Wildman–Crippen LogP) is 1.86. The van der Waals surface area contributed by atoms with Gasteiger partial charge in [0, 0.05) is 22.6 Å². The van der Waals surface area contributed by atoms with Gasteiger partial charge in [0.15, 0.2) is 5.78 Å². The molecule has 0 aliphatic carbocycles. The number of hydrogen-bond acceptors (Lipinski definition) is 3. The molecular formula is C10H10O2S. The Morgan fingerprint density at radius 1 is 1.46 bits per heavy atom. The summed E-state index contributed by atoms with van der Waals surface area (Å²) in [5.74, 6) is 1.08. The summed E-state index contributed by atoms with van der Waals surface area (Å²) >= 11 is 1.69. The smallest absolute Gasteiger partial charge is 0.164 e. The molecule has 68 valence electrons. The second kappa shape index (κ2) is 3.52. The van der Waals surface area contributed by atoms with Gasteiger partial charge in [-0.05, 0) is 17.7 Å². The first kappa shape index (κ1) is 8.78. The fourth-order valence-corrected chi connectivity index (χ4v) is 2.48. The van der Waals surface area contributed by atoms with Crippen molar-refractivity contribution in [3.05, 3.63) is 29.3 Å². The lowest BCUT2D eigenvalue weighted by atomic mass is 10.1. The molecule has 0 aromatic heterocycles. The Labute approximate surface area is 81.0 Å². The molecule has 0 saturated heterocycles. The number of aliphatic hydroxyl groups excluding tert-OH is 1. The van der Waals surface area contributed by atoms with Crippen LogP contribution in [0, 0.1) is 0 Å². The quantitative estimate of drug-likeness (QED) is 0.741. The molecule has 0 spiro atoms. The molecule has 0 atom stereocenters. The van der Waals surface area contributed by atoms with Crippen molar-refractivity contribution in [3.63, 3.8) is 0 Å². The van der Waals surface area contributed by atoms with Crippen molar-refractivity contribution in [3.8, 4) is 0 Å². The number of aliphatic hydroxyl groups is 1. The summed E-state index contributed by atoms with van der Waals surface area (Å²) in [4.78, 5) is 12.4. The Balaban J connectivity index is 2.45. The van der Waals surface area contributed by atoms with Crippen LogP contribution in [0.4, 0.5) is 0 Å². The zero-order chi connectivity index (χ0) is 9.26. The molecule has 1 aromatic rings. The van der Waals surface area contributed by atoms with Gasteiger partial charge in [-0.15, -0.1) is 11.8 Å². The average molecular weight is 194 g/mol. The maximum Gasteiger partial charge on any atom is 0.164 e. The van der Waals surface area contributed by atoms with Crippen molar-refractivity contribution >= 4 is 17.5 Å². The summed E-state index contributed by atoms with van der Waals surface area (Å²) in [7, 11) is 0. The van der Waals surface area contributed by atoms with Crippen LogP contribution < -0.4 is 0 Å². The van der Waals surface area contributed by atoms with E-state index in [1.807, 2.05) is 18.2 Å². The molecule has 1 aliphatic rings. The van der Waals surface area contributed by atoms with Gasteiger partial charge in [-0.2, -0.15) is 0 Å². The summed E-state index contributed by atoms with van der Waals surface area (Å²) in [5, 5.41) is 8.91. The highest BCUT2D eigenvalue weighted by atomic mass is 32.2. The molecule has 2 rings (SSSR count). The van der Waals surface area contributed by atoms with Crippen LogP contribution >= 0.6 is 11.8 Å². The third kappa shape index (κ3) is 1.62. The van der Waals surface area contributed by atoms with E-state index in [0.29, 0.717) is 6.42 Å². The number of rotatable bonds is 1. The number of carbonyl (C=O) groups is 1. The van der Waals surface area contributed by atoms with E-state index in [0.717, 1.165) is 21.8 Å². The van der Waals surface area contributed by atoms with Crippen molar-refractivity contribution in [2.24, 2.45) is 0 Å². The van der Waals surface area contributed by atoms with E-state index in [-0.39, 0.29) is 12.4 Å². The second-order valence-corrected chi connectivity index (χ2v) is 4.15. The van der Waals surface area contributed by atoms with Crippen molar-refractivity contribution in [2.75, 3.05) is 5.75 Å². The summed E-state index contributed by atoms with van der Waals surface area (Å²) in [6.45, 7) is 0.0437. The van der Waals surface area contributed by atoms with Crippen LogP contribution in [0.3, 0.4) is 0 Å². The molecule has 13 heavy (non-hydrogen) atoms. The molecule has 1 aliphatic heterocycles. The van der Waals surface area contributed by atoms with Gasteiger partial charge in [-0.1, -0.05) is 6.07 Å². The predicted molar refractivity (Wildman–Crippen MR) is 52.0 cm³/mol. The van der Waals surface area contributed by atoms with Crippen molar-refractivity contribution in [2.45, 2.75) is 17.9 Å². The van der Waals surface area contributed by atoms with E-state index in [2.05, 4.69) is 0 Å². The number of ketones is 1. The van der Waals surface area contributed by atoms with Gasteiger partial charge in [-0.3, -0.25) is 4.79 Å². The maximum atomic E-state index is 11.4. The van der Waals surface area contributed by atoms with Crippen LogP contribution in [0.15, 0.2) is 23.1 Å². The van der Waals surface area contributed by atoms with Gasteiger partial charge in [0.05, 0.1) is 6.61 Å². The molecule has 0 bridgehead atoms. The van der Waals surface area contributed by atoms with E-state index in [9.17, 15) is 4.79 Å². The minimum absolute atomic E-state index is 0.0437. The zero-order valence-electron chi connectivity index (χ0n) is 7.12. The third-order valence-corrected chi connectivity index (χ3v) is 3.17. The van der Waals surface area contributed by atoms with E-state index in [4.69, 9.17) is 5.11 Å². The van der Waals surface area contributed by atoms with Gasteiger partial charge < -0.3 is 5.11 Å². The number of Topliss-reactive ketones (excluding diaryl/α,β-unsaturated/α-hetero) is 1. The van der Waals surface area contributed by atoms with Crippen LogP contribution in [0.1, 0.15) is 22.3 Å².